The van der Waals surface area contributed by atoms with E-state index < -0.39 is 32.5 Å². The third kappa shape index (κ3) is 41.0. The molecule has 8 nitrogen and oxygen atoms in total. The highest BCUT2D eigenvalue weighted by Gasteiger charge is 2.22. The molecule has 0 saturated carbocycles. The minimum atomic E-state index is -4.76. The summed E-state index contributed by atoms with van der Waals surface area (Å²) >= 11 is 0. The first-order valence-corrected chi connectivity index (χ1v) is 22.8. The summed E-state index contributed by atoms with van der Waals surface area (Å²) in [5.41, 5.74) is 0. The fraction of sp³-hybridized carbons (Fsp3) is 0.814. The number of rotatable bonds is 39. The van der Waals surface area contributed by atoms with Crippen LogP contribution in [-0.4, -0.2) is 41.0 Å². The predicted molar refractivity (Wildman–Crippen MR) is 216 cm³/mol. The zero-order valence-electron chi connectivity index (χ0n) is 33.5. The molecule has 304 valence electrons. The van der Waals surface area contributed by atoms with Crippen LogP contribution < -0.4 is 0 Å². The van der Waals surface area contributed by atoms with Gasteiger partial charge in [-0.25, -0.2) is 4.57 Å². The summed E-state index contributed by atoms with van der Waals surface area (Å²) in [7, 11) is -4.76. The monoisotopic (exact) mass is 755 g/mol. The van der Waals surface area contributed by atoms with Crippen molar-refractivity contribution in [2.45, 2.75) is 213 Å². The van der Waals surface area contributed by atoms with E-state index in [0.717, 1.165) is 70.6 Å². The summed E-state index contributed by atoms with van der Waals surface area (Å²) in [5.74, 6) is -0.896. The van der Waals surface area contributed by atoms with Crippen LogP contribution in [0.4, 0.5) is 0 Å². The molecule has 0 spiro atoms. The van der Waals surface area contributed by atoms with Crippen molar-refractivity contribution >= 4 is 19.8 Å². The summed E-state index contributed by atoms with van der Waals surface area (Å²) in [5, 5.41) is 0. The van der Waals surface area contributed by atoms with Gasteiger partial charge in [0, 0.05) is 12.8 Å². The van der Waals surface area contributed by atoms with E-state index in [4.69, 9.17) is 19.3 Å². The van der Waals surface area contributed by atoms with Crippen LogP contribution in [-0.2, 0) is 28.2 Å². The topological polar surface area (TPSA) is 119 Å². The van der Waals surface area contributed by atoms with Crippen LogP contribution >= 0.6 is 7.82 Å². The molecule has 2 N–H and O–H groups in total. The van der Waals surface area contributed by atoms with Crippen LogP contribution in [0.3, 0.4) is 0 Å². The molecule has 0 radical (unpaired) electrons. The highest BCUT2D eigenvalue weighted by atomic mass is 31.2. The van der Waals surface area contributed by atoms with Gasteiger partial charge >= 0.3 is 19.8 Å². The van der Waals surface area contributed by atoms with Gasteiger partial charge in [-0.05, 0) is 70.6 Å². The van der Waals surface area contributed by atoms with Crippen LogP contribution in [0.1, 0.15) is 206 Å². The molecule has 52 heavy (non-hydrogen) atoms. The van der Waals surface area contributed by atoms with Gasteiger partial charge in [0.1, 0.15) is 6.61 Å². The maximum atomic E-state index is 12.4. The number of hydrogen-bond donors (Lipinski definition) is 2. The van der Waals surface area contributed by atoms with E-state index in [1.165, 1.54) is 103 Å². The molecular formula is C43H79O8P. The Balaban J connectivity index is 3.91. The highest BCUT2D eigenvalue weighted by molar-refractivity contribution is 7.46. The zero-order chi connectivity index (χ0) is 38.2. The van der Waals surface area contributed by atoms with E-state index in [-0.39, 0.29) is 19.4 Å². The van der Waals surface area contributed by atoms with Crippen molar-refractivity contribution in [3.8, 4) is 0 Å². The van der Waals surface area contributed by atoms with Gasteiger partial charge in [0.15, 0.2) is 6.10 Å². The second kappa shape index (κ2) is 39.0. The molecule has 0 aromatic heterocycles. The largest absolute Gasteiger partial charge is 0.469 e. The van der Waals surface area contributed by atoms with Crippen molar-refractivity contribution in [2.24, 2.45) is 0 Å². The van der Waals surface area contributed by atoms with E-state index in [1.54, 1.807) is 0 Å². The van der Waals surface area contributed by atoms with E-state index in [9.17, 15) is 14.2 Å². The number of unbranched alkanes of at least 4 members (excludes halogenated alkanes) is 23. The Morgan fingerprint density at radius 2 is 0.865 bits per heavy atom. The lowest BCUT2D eigenvalue weighted by atomic mass is 10.1. The quantitative estimate of drug-likeness (QED) is 0.0275. The Bertz CT molecular complexity index is 941. The Labute approximate surface area is 319 Å². The minimum Gasteiger partial charge on any atom is -0.462 e. The molecule has 0 aliphatic carbocycles. The Kier molecular flexibility index (Phi) is 37.7. The van der Waals surface area contributed by atoms with Gasteiger partial charge in [0.2, 0.25) is 0 Å². The van der Waals surface area contributed by atoms with Crippen LogP contribution in [0.25, 0.3) is 0 Å². The fourth-order valence-corrected chi connectivity index (χ4v) is 6.29. The lowest BCUT2D eigenvalue weighted by Gasteiger charge is -2.18. The van der Waals surface area contributed by atoms with E-state index in [0.29, 0.717) is 6.42 Å². The normalized spacial score (nSPS) is 12.8. The number of carbonyl (C=O) groups excluding carboxylic acids is 2. The first kappa shape index (κ1) is 50.3. The maximum Gasteiger partial charge on any atom is 0.469 e. The van der Waals surface area contributed by atoms with E-state index in [1.807, 2.05) is 0 Å². The predicted octanol–water partition coefficient (Wildman–Crippen LogP) is 13.0. The molecule has 0 fully saturated rings. The minimum absolute atomic E-state index is 0.202. The summed E-state index contributed by atoms with van der Waals surface area (Å²) in [6.45, 7) is 3.65. The SMILES string of the molecule is CCCCC/C=C/C/C=C/CCCCCCCCCCCC(=O)OC[C@H](COP(=O)(O)O)OC(=O)CCCCCCC/C=C/CCCCCCCC. The second-order valence-electron chi connectivity index (χ2n) is 14.3. The molecule has 0 rings (SSSR count). The molecule has 0 aromatic carbocycles. The molecule has 9 heteroatoms. The summed E-state index contributed by atoms with van der Waals surface area (Å²) < 4.78 is 26.4. The fourth-order valence-electron chi connectivity index (χ4n) is 5.93. The second-order valence-corrected chi connectivity index (χ2v) is 15.5. The van der Waals surface area contributed by atoms with Gasteiger partial charge in [-0.2, -0.15) is 0 Å². The smallest absolute Gasteiger partial charge is 0.462 e. The van der Waals surface area contributed by atoms with Crippen LogP contribution in [0, 0.1) is 0 Å². The van der Waals surface area contributed by atoms with Crippen LogP contribution in [0.5, 0.6) is 0 Å². The van der Waals surface area contributed by atoms with Gasteiger partial charge in [0.25, 0.3) is 0 Å². The Morgan fingerprint density at radius 1 is 0.500 bits per heavy atom. The molecular weight excluding hydrogens is 675 g/mol. The van der Waals surface area contributed by atoms with Crippen LogP contribution in [0.15, 0.2) is 36.5 Å². The lowest BCUT2D eigenvalue weighted by Crippen LogP contribution is -2.29. The molecule has 0 heterocycles. The van der Waals surface area contributed by atoms with Crippen molar-refractivity contribution in [1.82, 2.24) is 0 Å². The molecule has 0 unspecified atom stereocenters. The molecule has 0 saturated heterocycles. The zero-order valence-corrected chi connectivity index (χ0v) is 34.4. The molecule has 0 aliphatic heterocycles. The summed E-state index contributed by atoms with van der Waals surface area (Å²) in [6.07, 6.45) is 45.7. The molecule has 0 amide bonds. The molecule has 0 bridgehead atoms. The van der Waals surface area contributed by atoms with Gasteiger partial charge in [-0.1, -0.05) is 159 Å². The van der Waals surface area contributed by atoms with Crippen LogP contribution in [0.2, 0.25) is 0 Å². The van der Waals surface area contributed by atoms with Crippen molar-refractivity contribution in [3.05, 3.63) is 36.5 Å². The van der Waals surface area contributed by atoms with Crippen molar-refractivity contribution < 1.29 is 37.9 Å². The van der Waals surface area contributed by atoms with E-state index >= 15 is 0 Å². The van der Waals surface area contributed by atoms with Gasteiger partial charge in [-0.15, -0.1) is 0 Å². The maximum absolute atomic E-state index is 12.4. The van der Waals surface area contributed by atoms with Gasteiger partial charge in [0.05, 0.1) is 6.61 Å². The number of hydrogen-bond acceptors (Lipinski definition) is 6. The summed E-state index contributed by atoms with van der Waals surface area (Å²) in [6, 6.07) is 0. The van der Waals surface area contributed by atoms with Crippen molar-refractivity contribution in [2.75, 3.05) is 13.2 Å². The molecule has 1 atom stereocenters. The third-order valence-electron chi connectivity index (χ3n) is 9.13. The highest BCUT2D eigenvalue weighted by Crippen LogP contribution is 2.36. The number of esters is 2. The molecule has 0 aromatic rings. The molecule has 0 aliphatic rings. The van der Waals surface area contributed by atoms with Crippen molar-refractivity contribution in [3.63, 3.8) is 0 Å². The van der Waals surface area contributed by atoms with E-state index in [2.05, 4.69) is 54.8 Å². The average Bonchev–Trinajstić information content (AvgIpc) is 3.11. The van der Waals surface area contributed by atoms with Gasteiger partial charge < -0.3 is 19.3 Å². The first-order valence-electron chi connectivity index (χ1n) is 21.3. The van der Waals surface area contributed by atoms with Crippen molar-refractivity contribution in [1.29, 1.82) is 0 Å². The summed E-state index contributed by atoms with van der Waals surface area (Å²) in [4.78, 5) is 42.8. The number of ether oxygens (including phenoxy) is 2. The number of allylic oxidation sites excluding steroid dienone is 6. The first-order chi connectivity index (χ1) is 25.3. The number of phosphoric acid groups is 1. The Hall–Kier alpha value is -1.73. The standard InChI is InChI=1S/C43H79O8P/c1-3-5-7-9-11-13-15-17-19-20-21-22-24-25-27-29-31-33-35-37-42(44)49-39-41(40-50-52(46,47)48)51-43(45)38-36-34-32-30-28-26-23-18-16-14-12-10-8-6-4-2/h11,13,17-19,23,41H,3-10,12,14-16,20-22,24-40H2,1-2H3,(H2,46,47,48)/b13-11+,19-17+,23-18+/t41-/m1/s1. The average molecular weight is 755 g/mol. The number of phosphoric ester groups is 1. The third-order valence-corrected chi connectivity index (χ3v) is 9.62. The van der Waals surface area contributed by atoms with Gasteiger partial charge in [-0.3, -0.25) is 14.1 Å². The lowest BCUT2D eigenvalue weighted by molar-refractivity contribution is -0.161. The Morgan fingerprint density at radius 3 is 1.33 bits per heavy atom. The number of carbonyl (C=O) groups is 2.